The van der Waals surface area contributed by atoms with Gasteiger partial charge in [0.15, 0.2) is 11.3 Å². The third kappa shape index (κ3) is 2.61. The van der Waals surface area contributed by atoms with Gasteiger partial charge in [0.2, 0.25) is 0 Å². The highest BCUT2D eigenvalue weighted by molar-refractivity contribution is 5.88. The quantitative estimate of drug-likeness (QED) is 0.879. The third-order valence-electron chi connectivity index (χ3n) is 3.50. The first-order valence-corrected chi connectivity index (χ1v) is 6.89. The maximum absolute atomic E-state index is 6.05. The fourth-order valence-corrected chi connectivity index (χ4v) is 2.46. The summed E-state index contributed by atoms with van der Waals surface area (Å²) in [6.07, 6.45) is 1.12. The van der Waals surface area contributed by atoms with Gasteiger partial charge in [0.1, 0.15) is 5.76 Å². The minimum Gasteiger partial charge on any atom is -0.493 e. The van der Waals surface area contributed by atoms with Crippen LogP contribution >= 0.6 is 0 Å². The average Bonchev–Trinajstić information content (AvgIpc) is 2.73. The molecule has 104 valence electrons. The molecule has 0 aliphatic carbocycles. The smallest absolute Gasteiger partial charge is 0.176 e. The van der Waals surface area contributed by atoms with E-state index >= 15 is 0 Å². The van der Waals surface area contributed by atoms with Crippen molar-refractivity contribution in [3.63, 3.8) is 0 Å². The normalized spacial score (nSPS) is 12.9. The molecule has 0 spiro atoms. The predicted octanol–water partition coefficient (Wildman–Crippen LogP) is 4.12. The number of ether oxygens (including phenoxy) is 1. The van der Waals surface area contributed by atoms with E-state index in [9.17, 15) is 0 Å². The number of rotatable bonds is 5. The van der Waals surface area contributed by atoms with E-state index in [0.717, 1.165) is 35.4 Å². The lowest BCUT2D eigenvalue weighted by molar-refractivity contribution is 0.399. The summed E-state index contributed by atoms with van der Waals surface area (Å²) >= 11 is 0. The highest BCUT2D eigenvalue weighted by atomic mass is 16.5. The van der Waals surface area contributed by atoms with Crippen LogP contribution in [0.15, 0.2) is 16.5 Å². The van der Waals surface area contributed by atoms with Gasteiger partial charge in [-0.05, 0) is 51.4 Å². The van der Waals surface area contributed by atoms with Crippen LogP contribution < -0.4 is 10.1 Å². The van der Waals surface area contributed by atoms with Crippen molar-refractivity contribution in [3.05, 3.63) is 29.0 Å². The van der Waals surface area contributed by atoms with Crippen molar-refractivity contribution in [2.24, 2.45) is 0 Å². The maximum atomic E-state index is 6.05. The van der Waals surface area contributed by atoms with E-state index in [0.29, 0.717) is 0 Å². The maximum Gasteiger partial charge on any atom is 0.176 e. The SMILES string of the molecule is CCCNC(C)c1oc2c(OC)cc(C)cc2c1C. The third-order valence-corrected chi connectivity index (χ3v) is 3.50. The van der Waals surface area contributed by atoms with Gasteiger partial charge in [0.05, 0.1) is 13.2 Å². The molecule has 1 aromatic heterocycles. The Kier molecular flexibility index (Phi) is 4.15. The van der Waals surface area contributed by atoms with Crippen molar-refractivity contribution in [1.82, 2.24) is 5.32 Å². The monoisotopic (exact) mass is 261 g/mol. The van der Waals surface area contributed by atoms with E-state index < -0.39 is 0 Å². The van der Waals surface area contributed by atoms with Gasteiger partial charge in [-0.2, -0.15) is 0 Å². The molecule has 1 unspecified atom stereocenters. The molecule has 3 heteroatoms. The van der Waals surface area contributed by atoms with Crippen molar-refractivity contribution in [3.8, 4) is 5.75 Å². The van der Waals surface area contributed by atoms with Gasteiger partial charge in [-0.3, -0.25) is 0 Å². The molecule has 0 saturated carbocycles. The molecule has 19 heavy (non-hydrogen) atoms. The van der Waals surface area contributed by atoms with Crippen LogP contribution in [-0.4, -0.2) is 13.7 Å². The minimum atomic E-state index is 0.220. The highest BCUT2D eigenvalue weighted by Gasteiger charge is 2.18. The molecule has 0 bridgehead atoms. The zero-order valence-corrected chi connectivity index (χ0v) is 12.5. The molecule has 1 aromatic carbocycles. The van der Waals surface area contributed by atoms with E-state index in [2.05, 4.69) is 39.1 Å². The second kappa shape index (κ2) is 5.66. The van der Waals surface area contributed by atoms with Gasteiger partial charge in [-0.25, -0.2) is 0 Å². The minimum absolute atomic E-state index is 0.220. The molecular formula is C16H23NO2. The Morgan fingerprint density at radius 3 is 2.68 bits per heavy atom. The van der Waals surface area contributed by atoms with Crippen LogP contribution in [0.4, 0.5) is 0 Å². The zero-order valence-electron chi connectivity index (χ0n) is 12.5. The Balaban J connectivity index is 2.49. The van der Waals surface area contributed by atoms with Crippen molar-refractivity contribution >= 4 is 11.0 Å². The molecule has 2 aromatic rings. The van der Waals surface area contributed by atoms with Crippen LogP contribution in [0.3, 0.4) is 0 Å². The predicted molar refractivity (Wildman–Crippen MR) is 78.9 cm³/mol. The van der Waals surface area contributed by atoms with Gasteiger partial charge in [0, 0.05) is 10.9 Å². The van der Waals surface area contributed by atoms with Crippen LogP contribution in [0.25, 0.3) is 11.0 Å². The second-order valence-electron chi connectivity index (χ2n) is 5.11. The topological polar surface area (TPSA) is 34.4 Å². The average molecular weight is 261 g/mol. The number of hydrogen-bond donors (Lipinski definition) is 1. The standard InChI is InChI=1S/C16H23NO2/c1-6-7-17-12(4)15-11(3)13-8-10(2)9-14(18-5)16(13)19-15/h8-9,12,17H,6-7H2,1-5H3. The Labute approximate surface area is 114 Å². The Bertz CT molecular complexity index is 572. The zero-order chi connectivity index (χ0) is 14.0. The summed E-state index contributed by atoms with van der Waals surface area (Å²) in [5, 5.41) is 4.62. The van der Waals surface area contributed by atoms with Crippen molar-refractivity contribution in [2.75, 3.05) is 13.7 Å². The number of aryl methyl sites for hydroxylation is 2. The molecule has 0 amide bonds. The van der Waals surface area contributed by atoms with Crippen LogP contribution in [0.5, 0.6) is 5.75 Å². The summed E-state index contributed by atoms with van der Waals surface area (Å²) in [5.41, 5.74) is 3.24. The molecule has 1 atom stereocenters. The van der Waals surface area contributed by atoms with Crippen LogP contribution in [0.2, 0.25) is 0 Å². The van der Waals surface area contributed by atoms with Crippen molar-refractivity contribution < 1.29 is 9.15 Å². The fourth-order valence-electron chi connectivity index (χ4n) is 2.46. The van der Waals surface area contributed by atoms with Gasteiger partial charge >= 0.3 is 0 Å². The van der Waals surface area contributed by atoms with Crippen molar-refractivity contribution in [1.29, 1.82) is 0 Å². The Morgan fingerprint density at radius 2 is 2.05 bits per heavy atom. The molecule has 3 nitrogen and oxygen atoms in total. The molecule has 1 N–H and O–H groups in total. The summed E-state index contributed by atoms with van der Waals surface area (Å²) < 4.78 is 11.5. The second-order valence-corrected chi connectivity index (χ2v) is 5.11. The first kappa shape index (κ1) is 13.9. The van der Waals surface area contributed by atoms with E-state index in [-0.39, 0.29) is 6.04 Å². The number of benzene rings is 1. The largest absolute Gasteiger partial charge is 0.493 e. The van der Waals surface area contributed by atoms with E-state index in [4.69, 9.17) is 9.15 Å². The lowest BCUT2D eigenvalue weighted by Crippen LogP contribution is -2.19. The van der Waals surface area contributed by atoms with Crippen LogP contribution in [0.1, 0.15) is 43.2 Å². The molecule has 0 saturated heterocycles. The first-order valence-electron chi connectivity index (χ1n) is 6.89. The van der Waals surface area contributed by atoms with Gasteiger partial charge in [-0.1, -0.05) is 6.92 Å². The van der Waals surface area contributed by atoms with Gasteiger partial charge in [0.25, 0.3) is 0 Å². The molecule has 0 fully saturated rings. The summed E-state index contributed by atoms with van der Waals surface area (Å²) in [7, 11) is 1.69. The lowest BCUT2D eigenvalue weighted by atomic mass is 10.1. The number of furan rings is 1. The molecular weight excluding hydrogens is 238 g/mol. The lowest BCUT2D eigenvalue weighted by Gasteiger charge is -2.11. The number of methoxy groups -OCH3 is 1. The molecule has 2 rings (SSSR count). The molecule has 1 heterocycles. The molecule has 0 aliphatic rings. The summed E-state index contributed by atoms with van der Waals surface area (Å²) in [5.74, 6) is 1.82. The molecule has 0 radical (unpaired) electrons. The summed E-state index contributed by atoms with van der Waals surface area (Å²) in [4.78, 5) is 0. The van der Waals surface area contributed by atoms with Gasteiger partial charge < -0.3 is 14.5 Å². The van der Waals surface area contributed by atoms with E-state index in [1.54, 1.807) is 7.11 Å². The highest BCUT2D eigenvalue weighted by Crippen LogP contribution is 2.35. The number of nitrogens with one attached hydrogen (secondary N) is 1. The van der Waals surface area contributed by atoms with Crippen molar-refractivity contribution in [2.45, 2.75) is 40.2 Å². The number of hydrogen-bond acceptors (Lipinski definition) is 3. The van der Waals surface area contributed by atoms with Crippen LogP contribution in [0, 0.1) is 13.8 Å². The van der Waals surface area contributed by atoms with E-state index in [1.165, 1.54) is 11.1 Å². The fraction of sp³-hybridized carbons (Fsp3) is 0.500. The van der Waals surface area contributed by atoms with Gasteiger partial charge in [-0.15, -0.1) is 0 Å². The number of fused-ring (bicyclic) bond motifs is 1. The Morgan fingerprint density at radius 1 is 1.32 bits per heavy atom. The Hall–Kier alpha value is -1.48. The van der Waals surface area contributed by atoms with Crippen LogP contribution in [-0.2, 0) is 0 Å². The molecule has 0 aliphatic heterocycles. The summed E-state index contributed by atoms with van der Waals surface area (Å²) in [6.45, 7) is 9.49. The summed E-state index contributed by atoms with van der Waals surface area (Å²) in [6, 6.07) is 4.39. The first-order chi connectivity index (χ1) is 9.08. The van der Waals surface area contributed by atoms with E-state index in [1.807, 2.05) is 6.07 Å².